The zero-order valence-electron chi connectivity index (χ0n) is 13.4. The Morgan fingerprint density at radius 3 is 2.09 bits per heavy atom. The molecule has 0 saturated heterocycles. The number of alkyl carbamates (subject to hydrolysis) is 1. The molecule has 0 aromatic carbocycles. The van der Waals surface area contributed by atoms with Crippen LogP contribution in [0.15, 0.2) is 12.1 Å². The third-order valence-electron chi connectivity index (χ3n) is 2.55. The summed E-state index contributed by atoms with van der Waals surface area (Å²) in [6.45, 7) is 5.87. The van der Waals surface area contributed by atoms with Crippen molar-refractivity contribution in [2.45, 2.75) is 38.1 Å². The maximum absolute atomic E-state index is 12.1. The maximum Gasteiger partial charge on any atom is 0.407 e. The standard InChI is InChI=1S/C15H21Cl2N3O3/c1-15(2,3)23-14(22)19-5-4-18-13(21)10-6-11(8-16)20-12(7-10)9-17/h6-7H,4-5,8-9H2,1-3H3,(H,18,21)(H,19,22). The van der Waals surface area contributed by atoms with Crippen molar-refractivity contribution >= 4 is 35.2 Å². The lowest BCUT2D eigenvalue weighted by Gasteiger charge is -2.19. The van der Waals surface area contributed by atoms with Gasteiger partial charge in [0.25, 0.3) is 5.91 Å². The molecule has 0 radical (unpaired) electrons. The number of hydrogen-bond acceptors (Lipinski definition) is 4. The predicted molar refractivity (Wildman–Crippen MR) is 89.9 cm³/mol. The van der Waals surface area contributed by atoms with Gasteiger partial charge in [0.05, 0.1) is 23.1 Å². The molecule has 1 aromatic rings. The quantitative estimate of drug-likeness (QED) is 0.602. The summed E-state index contributed by atoms with van der Waals surface area (Å²) in [5, 5.41) is 5.26. The van der Waals surface area contributed by atoms with E-state index in [9.17, 15) is 9.59 Å². The number of hydrogen-bond donors (Lipinski definition) is 2. The Balaban J connectivity index is 2.47. The van der Waals surface area contributed by atoms with E-state index in [0.717, 1.165) is 0 Å². The topological polar surface area (TPSA) is 80.3 Å². The fraction of sp³-hybridized carbons (Fsp3) is 0.533. The molecule has 0 bridgehead atoms. The van der Waals surface area contributed by atoms with Crippen LogP contribution in [0.3, 0.4) is 0 Å². The highest BCUT2D eigenvalue weighted by molar-refractivity contribution is 6.17. The van der Waals surface area contributed by atoms with E-state index in [0.29, 0.717) is 17.0 Å². The molecule has 23 heavy (non-hydrogen) atoms. The van der Waals surface area contributed by atoms with Crippen LogP contribution in [0.2, 0.25) is 0 Å². The molecule has 0 fully saturated rings. The molecule has 1 heterocycles. The van der Waals surface area contributed by atoms with Crippen molar-refractivity contribution in [3.8, 4) is 0 Å². The van der Waals surface area contributed by atoms with Crippen LogP contribution < -0.4 is 10.6 Å². The Hall–Kier alpha value is -1.53. The fourth-order valence-electron chi connectivity index (χ4n) is 1.67. The van der Waals surface area contributed by atoms with E-state index in [1.165, 1.54) is 0 Å². The van der Waals surface area contributed by atoms with E-state index in [-0.39, 0.29) is 30.8 Å². The molecule has 6 nitrogen and oxygen atoms in total. The first-order chi connectivity index (χ1) is 10.7. The molecule has 0 spiro atoms. The normalized spacial score (nSPS) is 11.0. The van der Waals surface area contributed by atoms with E-state index >= 15 is 0 Å². The lowest BCUT2D eigenvalue weighted by Crippen LogP contribution is -2.37. The van der Waals surface area contributed by atoms with Crippen LogP contribution in [-0.2, 0) is 16.5 Å². The third-order valence-corrected chi connectivity index (χ3v) is 3.09. The van der Waals surface area contributed by atoms with Crippen molar-refractivity contribution in [1.82, 2.24) is 15.6 Å². The number of carbonyl (C=O) groups excluding carboxylic acids is 2. The first kappa shape index (κ1) is 19.5. The van der Waals surface area contributed by atoms with Crippen LogP contribution in [-0.4, -0.2) is 35.7 Å². The second-order valence-corrected chi connectivity index (χ2v) is 6.32. The zero-order valence-corrected chi connectivity index (χ0v) is 14.9. The van der Waals surface area contributed by atoms with Gasteiger partial charge >= 0.3 is 6.09 Å². The van der Waals surface area contributed by atoms with Gasteiger partial charge in [0.15, 0.2) is 0 Å². The summed E-state index contributed by atoms with van der Waals surface area (Å²) in [4.78, 5) is 27.7. The monoisotopic (exact) mass is 361 g/mol. The van der Waals surface area contributed by atoms with E-state index in [1.54, 1.807) is 32.9 Å². The van der Waals surface area contributed by atoms with Gasteiger partial charge in [-0.2, -0.15) is 0 Å². The minimum Gasteiger partial charge on any atom is -0.444 e. The molecular formula is C15H21Cl2N3O3. The maximum atomic E-state index is 12.1. The third kappa shape index (κ3) is 7.52. The summed E-state index contributed by atoms with van der Waals surface area (Å²) in [5.74, 6) is 0.118. The van der Waals surface area contributed by atoms with Gasteiger partial charge in [-0.1, -0.05) is 0 Å². The minimum atomic E-state index is -0.555. The lowest BCUT2D eigenvalue weighted by molar-refractivity contribution is 0.0526. The molecule has 2 N–H and O–H groups in total. The van der Waals surface area contributed by atoms with Crippen molar-refractivity contribution in [2.24, 2.45) is 0 Å². The Labute approximate surface area is 145 Å². The average molecular weight is 362 g/mol. The fourth-order valence-corrected chi connectivity index (χ4v) is 1.95. The number of nitrogens with zero attached hydrogens (tertiary/aromatic N) is 1. The van der Waals surface area contributed by atoms with E-state index in [2.05, 4.69) is 15.6 Å². The van der Waals surface area contributed by atoms with Crippen LogP contribution in [0.4, 0.5) is 4.79 Å². The van der Waals surface area contributed by atoms with E-state index in [4.69, 9.17) is 27.9 Å². The van der Waals surface area contributed by atoms with Gasteiger partial charge in [0.2, 0.25) is 0 Å². The van der Waals surface area contributed by atoms with Crippen molar-refractivity contribution in [2.75, 3.05) is 13.1 Å². The van der Waals surface area contributed by atoms with Crippen molar-refractivity contribution in [1.29, 1.82) is 0 Å². The summed E-state index contributed by atoms with van der Waals surface area (Å²) in [7, 11) is 0. The van der Waals surface area contributed by atoms with Crippen molar-refractivity contribution in [3.63, 3.8) is 0 Å². The highest BCUT2D eigenvalue weighted by Crippen LogP contribution is 2.10. The summed E-state index contributed by atoms with van der Waals surface area (Å²) in [6, 6.07) is 3.22. The number of pyridine rings is 1. The molecular weight excluding hydrogens is 341 g/mol. The van der Waals surface area contributed by atoms with Gasteiger partial charge < -0.3 is 15.4 Å². The van der Waals surface area contributed by atoms with Gasteiger partial charge in [-0.25, -0.2) is 4.79 Å². The molecule has 0 aliphatic heterocycles. The van der Waals surface area contributed by atoms with Crippen LogP contribution in [0, 0.1) is 0 Å². The molecule has 1 aromatic heterocycles. The molecule has 0 aliphatic rings. The van der Waals surface area contributed by atoms with Crippen LogP contribution in [0.25, 0.3) is 0 Å². The average Bonchev–Trinajstić information content (AvgIpc) is 2.48. The highest BCUT2D eigenvalue weighted by atomic mass is 35.5. The largest absolute Gasteiger partial charge is 0.444 e. The molecule has 0 aliphatic carbocycles. The SMILES string of the molecule is CC(C)(C)OC(=O)NCCNC(=O)c1cc(CCl)nc(CCl)c1. The number of rotatable bonds is 6. The minimum absolute atomic E-state index is 0.200. The predicted octanol–water partition coefficient (Wildman–Crippen LogP) is 2.81. The Kier molecular flexibility index (Phi) is 7.58. The highest BCUT2D eigenvalue weighted by Gasteiger charge is 2.15. The van der Waals surface area contributed by atoms with Crippen molar-refractivity contribution < 1.29 is 14.3 Å². The lowest BCUT2D eigenvalue weighted by atomic mass is 10.2. The molecule has 0 unspecified atom stereocenters. The summed E-state index contributed by atoms with van der Waals surface area (Å²) < 4.78 is 5.09. The number of halogens is 2. The zero-order chi connectivity index (χ0) is 17.5. The number of carbonyl (C=O) groups is 2. The molecule has 2 amide bonds. The second kappa shape index (κ2) is 8.93. The van der Waals surface area contributed by atoms with Crippen molar-refractivity contribution in [3.05, 3.63) is 29.1 Å². The van der Waals surface area contributed by atoms with Gasteiger partial charge in [-0.3, -0.25) is 9.78 Å². The first-order valence-corrected chi connectivity index (χ1v) is 8.19. The van der Waals surface area contributed by atoms with E-state index in [1.807, 2.05) is 0 Å². The molecule has 128 valence electrons. The first-order valence-electron chi connectivity index (χ1n) is 7.12. The van der Waals surface area contributed by atoms with Crippen LogP contribution in [0.1, 0.15) is 42.5 Å². The number of aromatic nitrogens is 1. The Bertz CT molecular complexity index is 537. The van der Waals surface area contributed by atoms with Gasteiger partial charge in [0.1, 0.15) is 5.60 Å². The van der Waals surface area contributed by atoms with Gasteiger partial charge in [-0.05, 0) is 32.9 Å². The molecule has 1 rings (SSSR count). The van der Waals surface area contributed by atoms with Crippen LogP contribution in [0.5, 0.6) is 0 Å². The molecule has 0 saturated carbocycles. The van der Waals surface area contributed by atoms with Gasteiger partial charge in [0, 0.05) is 18.7 Å². The number of ether oxygens (including phenoxy) is 1. The summed E-state index contributed by atoms with van der Waals surface area (Å²) in [6.07, 6.45) is -0.524. The summed E-state index contributed by atoms with van der Waals surface area (Å²) in [5.41, 5.74) is 1.05. The van der Waals surface area contributed by atoms with E-state index < -0.39 is 11.7 Å². The van der Waals surface area contributed by atoms with Gasteiger partial charge in [-0.15, -0.1) is 23.2 Å². The number of amides is 2. The van der Waals surface area contributed by atoms with Crippen LogP contribution >= 0.6 is 23.2 Å². The molecule has 0 atom stereocenters. The Morgan fingerprint density at radius 1 is 1.09 bits per heavy atom. The number of nitrogens with one attached hydrogen (secondary N) is 2. The summed E-state index contributed by atoms with van der Waals surface area (Å²) >= 11 is 11.5. The smallest absolute Gasteiger partial charge is 0.407 e. The Morgan fingerprint density at radius 2 is 1.61 bits per heavy atom. The second-order valence-electron chi connectivity index (χ2n) is 5.79. The molecule has 8 heteroatoms. The number of alkyl halides is 2.